The average Bonchev–Trinajstić information content (AvgIpc) is 2.32. The summed E-state index contributed by atoms with van der Waals surface area (Å²) in [4.78, 5) is 3.98. The first-order chi connectivity index (χ1) is 8.18. The normalized spacial score (nSPS) is 12.4. The molecule has 0 saturated carbocycles. The van der Waals surface area contributed by atoms with Crippen LogP contribution in [-0.4, -0.2) is 13.7 Å². The van der Waals surface area contributed by atoms with E-state index in [0.29, 0.717) is 0 Å². The van der Waals surface area contributed by atoms with E-state index in [4.69, 9.17) is 4.55 Å². The van der Waals surface area contributed by atoms with Gasteiger partial charge in [0, 0.05) is 12.4 Å². The first-order valence-corrected chi connectivity index (χ1v) is 6.52. The maximum absolute atomic E-state index is 10.9. The van der Waals surface area contributed by atoms with Gasteiger partial charge in [0.2, 0.25) is 0 Å². The SMILES string of the molecule is Cc1c(CS(=O)O)cccc1-c1ccncc1. The van der Waals surface area contributed by atoms with E-state index in [9.17, 15) is 4.21 Å². The molecular formula is C13H13NO2S. The molecule has 0 bridgehead atoms. The molecule has 0 saturated heterocycles. The van der Waals surface area contributed by atoms with E-state index in [0.717, 1.165) is 22.3 Å². The highest BCUT2D eigenvalue weighted by Gasteiger charge is 2.07. The van der Waals surface area contributed by atoms with Crippen LogP contribution in [0.25, 0.3) is 11.1 Å². The molecule has 4 heteroatoms. The molecule has 2 aromatic rings. The van der Waals surface area contributed by atoms with Crippen molar-refractivity contribution in [3.05, 3.63) is 53.9 Å². The molecule has 1 N–H and O–H groups in total. The van der Waals surface area contributed by atoms with Gasteiger partial charge in [0.05, 0.1) is 5.75 Å². The van der Waals surface area contributed by atoms with Crippen LogP contribution in [0.4, 0.5) is 0 Å². The summed E-state index contributed by atoms with van der Waals surface area (Å²) in [5.74, 6) is 0.171. The number of nitrogens with zero attached hydrogens (tertiary/aromatic N) is 1. The summed E-state index contributed by atoms with van der Waals surface area (Å²) >= 11 is -1.80. The van der Waals surface area contributed by atoms with Crippen molar-refractivity contribution in [2.75, 3.05) is 0 Å². The van der Waals surface area contributed by atoms with Crippen molar-refractivity contribution in [2.24, 2.45) is 0 Å². The first kappa shape index (κ1) is 12.0. The minimum absolute atomic E-state index is 0.171. The van der Waals surface area contributed by atoms with Crippen LogP contribution in [-0.2, 0) is 16.8 Å². The van der Waals surface area contributed by atoms with Gasteiger partial charge in [-0.15, -0.1) is 0 Å². The third kappa shape index (κ3) is 2.78. The van der Waals surface area contributed by atoms with Crippen molar-refractivity contribution in [2.45, 2.75) is 12.7 Å². The Morgan fingerprint density at radius 2 is 1.94 bits per heavy atom. The number of hydrogen-bond acceptors (Lipinski definition) is 2. The second kappa shape index (κ2) is 5.21. The van der Waals surface area contributed by atoms with Crippen molar-refractivity contribution < 1.29 is 8.76 Å². The molecule has 1 aromatic carbocycles. The van der Waals surface area contributed by atoms with Crippen LogP contribution in [0.2, 0.25) is 0 Å². The highest BCUT2D eigenvalue weighted by molar-refractivity contribution is 7.78. The van der Waals surface area contributed by atoms with E-state index in [1.807, 2.05) is 37.3 Å². The highest BCUT2D eigenvalue weighted by Crippen LogP contribution is 2.25. The van der Waals surface area contributed by atoms with Crippen LogP contribution in [0, 0.1) is 6.92 Å². The number of rotatable bonds is 3. The Labute approximate surface area is 103 Å². The molecular weight excluding hydrogens is 234 g/mol. The number of aromatic nitrogens is 1. The van der Waals surface area contributed by atoms with E-state index in [-0.39, 0.29) is 5.75 Å². The maximum Gasteiger partial charge on any atom is 0.157 e. The summed E-state index contributed by atoms with van der Waals surface area (Å²) in [6, 6.07) is 9.66. The standard InChI is InChI=1S/C13H13NO2S/c1-10-12(9-17(15)16)3-2-4-13(10)11-5-7-14-8-6-11/h2-8H,9H2,1H3,(H,15,16). The third-order valence-electron chi connectivity index (χ3n) is 2.72. The molecule has 0 spiro atoms. The van der Waals surface area contributed by atoms with Crippen LogP contribution in [0.1, 0.15) is 11.1 Å². The summed E-state index contributed by atoms with van der Waals surface area (Å²) in [6.45, 7) is 1.97. The van der Waals surface area contributed by atoms with Gasteiger partial charge in [-0.25, -0.2) is 4.21 Å². The minimum atomic E-state index is -1.80. The molecule has 3 nitrogen and oxygen atoms in total. The average molecular weight is 247 g/mol. The van der Waals surface area contributed by atoms with Crippen LogP contribution in [0.15, 0.2) is 42.7 Å². The lowest BCUT2D eigenvalue weighted by Crippen LogP contribution is -1.97. The Morgan fingerprint density at radius 1 is 1.24 bits per heavy atom. The summed E-state index contributed by atoms with van der Waals surface area (Å²) < 4.78 is 19.8. The van der Waals surface area contributed by atoms with Crippen molar-refractivity contribution in [3.8, 4) is 11.1 Å². The van der Waals surface area contributed by atoms with Crippen molar-refractivity contribution in [3.63, 3.8) is 0 Å². The van der Waals surface area contributed by atoms with E-state index in [1.54, 1.807) is 12.4 Å². The summed E-state index contributed by atoms with van der Waals surface area (Å²) in [7, 11) is 0. The molecule has 0 aliphatic heterocycles. The zero-order valence-electron chi connectivity index (χ0n) is 9.46. The molecule has 1 aromatic heterocycles. The summed E-state index contributed by atoms with van der Waals surface area (Å²) in [5.41, 5.74) is 4.10. The second-order valence-electron chi connectivity index (χ2n) is 3.79. The zero-order chi connectivity index (χ0) is 12.3. The number of pyridine rings is 1. The number of hydrogen-bond donors (Lipinski definition) is 1. The fourth-order valence-electron chi connectivity index (χ4n) is 1.82. The predicted molar refractivity (Wildman–Crippen MR) is 68.9 cm³/mol. The van der Waals surface area contributed by atoms with E-state index in [1.165, 1.54) is 0 Å². The lowest BCUT2D eigenvalue weighted by molar-refractivity contribution is 0.563. The molecule has 17 heavy (non-hydrogen) atoms. The van der Waals surface area contributed by atoms with Gasteiger partial charge in [-0.2, -0.15) is 0 Å². The van der Waals surface area contributed by atoms with Crippen molar-refractivity contribution in [1.82, 2.24) is 4.98 Å². The molecule has 1 atom stereocenters. The smallest absolute Gasteiger partial charge is 0.157 e. The van der Waals surface area contributed by atoms with Gasteiger partial charge in [0.1, 0.15) is 0 Å². The van der Waals surface area contributed by atoms with Gasteiger partial charge in [-0.05, 0) is 41.3 Å². The van der Waals surface area contributed by atoms with E-state index in [2.05, 4.69) is 4.98 Å². The maximum atomic E-state index is 10.9. The van der Waals surface area contributed by atoms with Gasteiger partial charge < -0.3 is 4.55 Å². The van der Waals surface area contributed by atoms with Gasteiger partial charge in [0.25, 0.3) is 0 Å². The number of benzene rings is 1. The van der Waals surface area contributed by atoms with Gasteiger partial charge in [-0.1, -0.05) is 18.2 Å². The van der Waals surface area contributed by atoms with Gasteiger partial charge >= 0.3 is 0 Å². The molecule has 88 valence electrons. The molecule has 2 rings (SSSR count). The molecule has 0 aliphatic rings. The highest BCUT2D eigenvalue weighted by atomic mass is 32.2. The fraction of sp³-hybridized carbons (Fsp3) is 0.154. The summed E-state index contributed by atoms with van der Waals surface area (Å²) in [5, 5.41) is 0. The molecule has 0 radical (unpaired) electrons. The van der Waals surface area contributed by atoms with Crippen LogP contribution >= 0.6 is 0 Å². The first-order valence-electron chi connectivity index (χ1n) is 5.25. The Morgan fingerprint density at radius 3 is 2.59 bits per heavy atom. The largest absolute Gasteiger partial charge is 0.306 e. The lowest BCUT2D eigenvalue weighted by atomic mass is 9.98. The van der Waals surface area contributed by atoms with Crippen LogP contribution < -0.4 is 0 Å². The third-order valence-corrected chi connectivity index (χ3v) is 3.27. The molecule has 0 aliphatic carbocycles. The molecule has 0 amide bonds. The van der Waals surface area contributed by atoms with E-state index >= 15 is 0 Å². The Kier molecular flexibility index (Phi) is 3.66. The molecule has 1 heterocycles. The fourth-order valence-corrected chi connectivity index (χ4v) is 2.40. The quantitative estimate of drug-likeness (QED) is 0.848. The topological polar surface area (TPSA) is 50.2 Å². The van der Waals surface area contributed by atoms with Crippen LogP contribution in [0.5, 0.6) is 0 Å². The zero-order valence-corrected chi connectivity index (χ0v) is 10.3. The minimum Gasteiger partial charge on any atom is -0.306 e. The van der Waals surface area contributed by atoms with Gasteiger partial charge in [-0.3, -0.25) is 4.98 Å². The molecule has 1 unspecified atom stereocenters. The Balaban J connectivity index is 2.46. The lowest BCUT2D eigenvalue weighted by Gasteiger charge is -2.10. The van der Waals surface area contributed by atoms with Crippen LogP contribution in [0.3, 0.4) is 0 Å². The van der Waals surface area contributed by atoms with Crippen molar-refractivity contribution >= 4 is 11.1 Å². The Hall–Kier alpha value is -1.52. The predicted octanol–water partition coefficient (Wildman–Crippen LogP) is 2.78. The van der Waals surface area contributed by atoms with Gasteiger partial charge in [0.15, 0.2) is 11.1 Å². The summed E-state index contributed by atoms with van der Waals surface area (Å²) in [6.07, 6.45) is 3.48. The second-order valence-corrected chi connectivity index (χ2v) is 4.72. The van der Waals surface area contributed by atoms with E-state index < -0.39 is 11.1 Å². The van der Waals surface area contributed by atoms with Crippen molar-refractivity contribution in [1.29, 1.82) is 0 Å². The monoisotopic (exact) mass is 247 g/mol. The Bertz CT molecular complexity index is 540. The molecule has 0 fully saturated rings.